The van der Waals surface area contributed by atoms with E-state index in [1.54, 1.807) is 11.0 Å². The van der Waals surface area contributed by atoms with Gasteiger partial charge in [0, 0.05) is 24.5 Å². The van der Waals surface area contributed by atoms with E-state index >= 15 is 0 Å². The van der Waals surface area contributed by atoms with Crippen molar-refractivity contribution in [2.45, 2.75) is 6.54 Å². The van der Waals surface area contributed by atoms with Gasteiger partial charge in [-0.2, -0.15) is 5.26 Å². The average Bonchev–Trinajstić information content (AvgIpc) is 2.78. The second-order valence-corrected chi connectivity index (χ2v) is 6.33. The maximum Gasteiger partial charge on any atom is 0.292 e. The van der Waals surface area contributed by atoms with Crippen LogP contribution in [0, 0.1) is 21.4 Å². The Labute approximate surface area is 173 Å². The summed E-state index contributed by atoms with van der Waals surface area (Å²) in [5.74, 6) is -0.721. The fraction of sp³-hybridized carbons (Fsp3) is 0.0435. The van der Waals surface area contributed by atoms with Gasteiger partial charge in [-0.15, -0.1) is 0 Å². The standard InChI is InChI=1S/C23H18N4O3/c24-15-19(23(28)25-21-13-7-8-14-22(21)27(29)30)17-26(20-11-5-2-6-12-20)16-18-9-3-1-4-10-18/h1-14,17H,16H2,(H,25,28)/b19-17-. The Morgan fingerprint density at radius 2 is 1.60 bits per heavy atom. The first-order valence-electron chi connectivity index (χ1n) is 9.11. The molecule has 7 nitrogen and oxygen atoms in total. The summed E-state index contributed by atoms with van der Waals surface area (Å²) >= 11 is 0. The monoisotopic (exact) mass is 398 g/mol. The number of nitrogens with zero attached hydrogens (tertiary/aromatic N) is 3. The van der Waals surface area contributed by atoms with Gasteiger partial charge in [0.1, 0.15) is 17.3 Å². The summed E-state index contributed by atoms with van der Waals surface area (Å²) in [6.07, 6.45) is 1.45. The lowest BCUT2D eigenvalue weighted by molar-refractivity contribution is -0.383. The molecule has 0 aliphatic heterocycles. The largest absolute Gasteiger partial charge is 0.342 e. The molecule has 1 N–H and O–H groups in total. The van der Waals surface area contributed by atoms with E-state index in [2.05, 4.69) is 5.32 Å². The highest BCUT2D eigenvalue weighted by molar-refractivity contribution is 6.07. The van der Waals surface area contributed by atoms with Crippen molar-refractivity contribution in [3.8, 4) is 6.07 Å². The molecule has 0 aromatic heterocycles. The minimum Gasteiger partial charge on any atom is -0.342 e. The molecule has 7 heteroatoms. The highest BCUT2D eigenvalue weighted by Crippen LogP contribution is 2.24. The molecule has 0 saturated carbocycles. The zero-order valence-electron chi connectivity index (χ0n) is 15.9. The molecule has 0 aliphatic carbocycles. The Morgan fingerprint density at radius 3 is 2.23 bits per heavy atom. The molecule has 0 spiro atoms. The molecule has 3 rings (SSSR count). The molecular formula is C23H18N4O3. The van der Waals surface area contributed by atoms with Crippen molar-refractivity contribution in [3.05, 3.63) is 112 Å². The van der Waals surface area contributed by atoms with E-state index < -0.39 is 10.8 Å². The van der Waals surface area contributed by atoms with Crippen molar-refractivity contribution in [2.75, 3.05) is 10.2 Å². The maximum atomic E-state index is 12.7. The van der Waals surface area contributed by atoms with Gasteiger partial charge in [0.05, 0.1) is 4.92 Å². The number of nitro groups is 1. The molecule has 0 heterocycles. The van der Waals surface area contributed by atoms with Gasteiger partial charge in [-0.25, -0.2) is 0 Å². The van der Waals surface area contributed by atoms with Crippen molar-refractivity contribution < 1.29 is 9.72 Å². The van der Waals surface area contributed by atoms with E-state index in [-0.39, 0.29) is 16.9 Å². The molecule has 0 bridgehead atoms. The molecule has 3 aromatic carbocycles. The number of rotatable bonds is 7. The summed E-state index contributed by atoms with van der Waals surface area (Å²) in [5.41, 5.74) is 1.41. The van der Waals surface area contributed by atoms with Crippen LogP contribution in [-0.4, -0.2) is 10.8 Å². The third kappa shape index (κ3) is 5.09. The number of carbonyl (C=O) groups excluding carboxylic acids is 1. The maximum absolute atomic E-state index is 12.7. The van der Waals surface area contributed by atoms with Crippen LogP contribution in [0.5, 0.6) is 0 Å². The van der Waals surface area contributed by atoms with Gasteiger partial charge in [-0.05, 0) is 23.8 Å². The smallest absolute Gasteiger partial charge is 0.292 e. The van der Waals surface area contributed by atoms with Crippen LogP contribution >= 0.6 is 0 Å². The summed E-state index contributed by atoms with van der Waals surface area (Å²) in [4.78, 5) is 25.1. The van der Waals surface area contributed by atoms with Crippen LogP contribution in [0.3, 0.4) is 0 Å². The van der Waals surface area contributed by atoms with Crippen molar-refractivity contribution >= 4 is 23.0 Å². The fourth-order valence-electron chi connectivity index (χ4n) is 2.83. The van der Waals surface area contributed by atoms with Gasteiger partial charge in [0.15, 0.2) is 0 Å². The molecule has 0 unspecified atom stereocenters. The van der Waals surface area contributed by atoms with Gasteiger partial charge in [0.2, 0.25) is 0 Å². The molecule has 30 heavy (non-hydrogen) atoms. The van der Waals surface area contributed by atoms with Crippen LogP contribution < -0.4 is 10.2 Å². The number of hydrogen-bond donors (Lipinski definition) is 1. The Hall–Kier alpha value is -4.44. The minimum absolute atomic E-state index is 0.0305. The third-order valence-corrected chi connectivity index (χ3v) is 4.28. The lowest BCUT2D eigenvalue weighted by Crippen LogP contribution is -2.21. The summed E-state index contributed by atoms with van der Waals surface area (Å²) in [6.45, 7) is 0.439. The fourth-order valence-corrected chi connectivity index (χ4v) is 2.83. The van der Waals surface area contributed by atoms with E-state index in [0.29, 0.717) is 6.54 Å². The second-order valence-electron chi connectivity index (χ2n) is 6.33. The number of anilines is 2. The quantitative estimate of drug-likeness (QED) is 0.270. The molecule has 3 aromatic rings. The van der Waals surface area contributed by atoms with Crippen molar-refractivity contribution in [1.29, 1.82) is 5.26 Å². The number of nitriles is 1. The van der Waals surface area contributed by atoms with E-state index in [9.17, 15) is 20.2 Å². The molecular weight excluding hydrogens is 380 g/mol. The summed E-state index contributed by atoms with van der Waals surface area (Å²) in [5, 5.41) is 23.2. The normalized spacial score (nSPS) is 10.7. The first kappa shape index (κ1) is 20.3. The Balaban J connectivity index is 1.91. The molecule has 148 valence electrons. The summed E-state index contributed by atoms with van der Waals surface area (Å²) < 4.78 is 0. The van der Waals surface area contributed by atoms with Crippen molar-refractivity contribution in [1.82, 2.24) is 0 Å². The summed E-state index contributed by atoms with van der Waals surface area (Å²) in [7, 11) is 0. The molecule has 0 saturated heterocycles. The topological polar surface area (TPSA) is 99.3 Å². The van der Waals surface area contributed by atoms with Gasteiger partial charge >= 0.3 is 0 Å². The number of amides is 1. The predicted octanol–water partition coefficient (Wildman–Crippen LogP) is 4.65. The van der Waals surface area contributed by atoms with Crippen LogP contribution in [0.2, 0.25) is 0 Å². The molecule has 0 aliphatic rings. The second kappa shape index (κ2) is 9.66. The Morgan fingerprint density at radius 1 is 1.00 bits per heavy atom. The third-order valence-electron chi connectivity index (χ3n) is 4.28. The number of hydrogen-bond acceptors (Lipinski definition) is 5. The van der Waals surface area contributed by atoms with E-state index in [1.807, 2.05) is 66.7 Å². The van der Waals surface area contributed by atoms with Crippen LogP contribution in [0.25, 0.3) is 0 Å². The predicted molar refractivity (Wildman–Crippen MR) is 114 cm³/mol. The summed E-state index contributed by atoms with van der Waals surface area (Å²) in [6, 6.07) is 26.6. The van der Waals surface area contributed by atoms with Gasteiger partial charge in [0.25, 0.3) is 11.6 Å². The zero-order valence-corrected chi connectivity index (χ0v) is 15.9. The number of carbonyl (C=O) groups is 1. The van der Waals surface area contributed by atoms with Gasteiger partial charge in [-0.1, -0.05) is 60.7 Å². The van der Waals surface area contributed by atoms with Crippen molar-refractivity contribution in [3.63, 3.8) is 0 Å². The molecule has 0 atom stereocenters. The first-order valence-corrected chi connectivity index (χ1v) is 9.11. The van der Waals surface area contributed by atoms with Gasteiger partial charge in [-0.3, -0.25) is 14.9 Å². The lowest BCUT2D eigenvalue weighted by atomic mass is 10.2. The number of para-hydroxylation sites is 3. The van der Waals surface area contributed by atoms with E-state index in [0.717, 1.165) is 11.3 Å². The Bertz CT molecular complexity index is 1110. The number of nitro benzene ring substituents is 1. The van der Waals surface area contributed by atoms with Crippen LogP contribution in [0.1, 0.15) is 5.56 Å². The van der Waals surface area contributed by atoms with Crippen LogP contribution in [0.15, 0.2) is 96.7 Å². The number of nitrogens with one attached hydrogen (secondary N) is 1. The molecule has 0 radical (unpaired) electrons. The van der Waals surface area contributed by atoms with E-state index in [1.165, 1.54) is 24.4 Å². The Kier molecular flexibility index (Phi) is 6.54. The number of benzene rings is 3. The minimum atomic E-state index is -0.721. The lowest BCUT2D eigenvalue weighted by Gasteiger charge is -2.21. The van der Waals surface area contributed by atoms with E-state index in [4.69, 9.17) is 0 Å². The van der Waals surface area contributed by atoms with Crippen molar-refractivity contribution in [2.24, 2.45) is 0 Å². The zero-order chi connectivity index (χ0) is 21.3. The van der Waals surface area contributed by atoms with Gasteiger partial charge < -0.3 is 10.2 Å². The SMILES string of the molecule is N#C/C(=C/N(Cc1ccccc1)c1ccccc1)C(=O)Nc1ccccc1[N+](=O)[O-]. The first-order chi connectivity index (χ1) is 14.6. The highest BCUT2D eigenvalue weighted by atomic mass is 16.6. The highest BCUT2D eigenvalue weighted by Gasteiger charge is 2.18. The average molecular weight is 398 g/mol. The molecule has 1 amide bonds. The van der Waals surface area contributed by atoms with Crippen LogP contribution in [-0.2, 0) is 11.3 Å². The van der Waals surface area contributed by atoms with Crippen LogP contribution in [0.4, 0.5) is 17.1 Å². The molecule has 0 fully saturated rings.